The molecule has 0 unspecified atom stereocenters. The third-order valence-corrected chi connectivity index (χ3v) is 9.03. The summed E-state index contributed by atoms with van der Waals surface area (Å²) in [4.78, 5) is 27.2. The summed E-state index contributed by atoms with van der Waals surface area (Å²) in [6.45, 7) is 2.25. The Bertz CT molecular complexity index is 1040. The minimum atomic E-state index is -0.898. The van der Waals surface area contributed by atoms with Crippen LogP contribution in [0.2, 0.25) is 0 Å². The summed E-state index contributed by atoms with van der Waals surface area (Å²) in [7, 11) is 1.44. The van der Waals surface area contributed by atoms with Gasteiger partial charge in [0.25, 0.3) is 0 Å². The van der Waals surface area contributed by atoms with E-state index in [4.69, 9.17) is 9.47 Å². The van der Waals surface area contributed by atoms with Crippen LogP contribution in [0.5, 0.6) is 0 Å². The van der Waals surface area contributed by atoms with Gasteiger partial charge in [-0.2, -0.15) is 0 Å². The number of rotatable bonds is 11. The van der Waals surface area contributed by atoms with E-state index < -0.39 is 17.4 Å². The topological polar surface area (TPSA) is 52.6 Å². The van der Waals surface area contributed by atoms with Crippen LogP contribution in [0.3, 0.4) is 0 Å². The van der Waals surface area contributed by atoms with Crippen LogP contribution in [-0.4, -0.2) is 25.2 Å². The number of esters is 2. The summed E-state index contributed by atoms with van der Waals surface area (Å²) in [5.41, 5.74) is 4.00. The van der Waals surface area contributed by atoms with E-state index in [0.717, 1.165) is 19.3 Å². The second-order valence-corrected chi connectivity index (χ2v) is 11.0. The highest BCUT2D eigenvalue weighted by atomic mass is 16.6. The van der Waals surface area contributed by atoms with Crippen LogP contribution in [0.4, 0.5) is 0 Å². The van der Waals surface area contributed by atoms with Crippen molar-refractivity contribution in [3.05, 3.63) is 70.8 Å². The van der Waals surface area contributed by atoms with Gasteiger partial charge in [0.05, 0.1) is 12.5 Å². The maximum atomic E-state index is 13.8. The van der Waals surface area contributed by atoms with Gasteiger partial charge < -0.3 is 9.47 Å². The Balaban J connectivity index is 1.36. The molecule has 3 atom stereocenters. The Morgan fingerprint density at radius 1 is 0.861 bits per heavy atom. The van der Waals surface area contributed by atoms with Gasteiger partial charge in [-0.15, -0.1) is 0 Å². The molecule has 4 nitrogen and oxygen atoms in total. The number of unbranched alkanes of at least 4 members (excludes halogenated alkanes) is 8. The van der Waals surface area contributed by atoms with Gasteiger partial charge in [-0.25, -0.2) is 0 Å². The molecule has 3 aliphatic carbocycles. The molecule has 4 heteroatoms. The van der Waals surface area contributed by atoms with Crippen molar-refractivity contribution < 1.29 is 19.1 Å². The van der Waals surface area contributed by atoms with E-state index in [1.165, 1.54) is 74.3 Å². The van der Waals surface area contributed by atoms with Gasteiger partial charge in [0.1, 0.15) is 12.0 Å². The van der Waals surface area contributed by atoms with Gasteiger partial charge in [-0.3, -0.25) is 9.59 Å². The molecule has 1 heterocycles. The number of hydrogen-bond donors (Lipinski definition) is 0. The van der Waals surface area contributed by atoms with Crippen molar-refractivity contribution in [3.8, 4) is 0 Å². The fourth-order valence-corrected chi connectivity index (χ4v) is 7.40. The van der Waals surface area contributed by atoms with Crippen LogP contribution in [0.1, 0.15) is 112 Å². The molecule has 1 saturated heterocycles. The average Bonchev–Trinajstić information content (AvgIpc) is 3.17. The zero-order valence-electron chi connectivity index (χ0n) is 21.8. The molecular weight excluding hydrogens is 448 g/mol. The summed E-state index contributed by atoms with van der Waals surface area (Å²) in [5.74, 6) is -1.17. The van der Waals surface area contributed by atoms with E-state index in [9.17, 15) is 9.59 Å². The summed E-state index contributed by atoms with van der Waals surface area (Å²) < 4.78 is 11.4. The number of cyclic esters (lactones) is 1. The van der Waals surface area contributed by atoms with Crippen molar-refractivity contribution in [2.24, 2.45) is 11.3 Å². The first-order valence-corrected chi connectivity index (χ1v) is 14.1. The Hall–Kier alpha value is -2.62. The Morgan fingerprint density at radius 3 is 1.94 bits per heavy atom. The second-order valence-electron chi connectivity index (χ2n) is 11.0. The lowest BCUT2D eigenvalue weighted by Crippen LogP contribution is -2.51. The highest BCUT2D eigenvalue weighted by Gasteiger charge is 2.69. The minimum absolute atomic E-state index is 0.0913. The maximum Gasteiger partial charge on any atom is 0.314 e. The second kappa shape index (κ2) is 10.8. The monoisotopic (exact) mass is 488 g/mol. The quantitative estimate of drug-likeness (QED) is 0.246. The number of methoxy groups -OCH3 is 1. The lowest BCUT2D eigenvalue weighted by atomic mass is 9.48. The first-order chi connectivity index (χ1) is 17.6. The predicted molar refractivity (Wildman–Crippen MR) is 141 cm³/mol. The van der Waals surface area contributed by atoms with E-state index in [1.807, 2.05) is 12.1 Å². The third-order valence-electron chi connectivity index (χ3n) is 9.03. The molecule has 2 aromatic rings. The largest absolute Gasteiger partial charge is 0.469 e. The highest BCUT2D eigenvalue weighted by molar-refractivity contribution is 5.92. The number of benzene rings is 2. The molecule has 1 fully saturated rings. The van der Waals surface area contributed by atoms with Crippen LogP contribution in [0.15, 0.2) is 48.5 Å². The van der Waals surface area contributed by atoms with Crippen LogP contribution < -0.4 is 0 Å². The van der Waals surface area contributed by atoms with E-state index in [2.05, 4.69) is 43.3 Å². The van der Waals surface area contributed by atoms with Gasteiger partial charge in [-0.05, 0) is 41.5 Å². The van der Waals surface area contributed by atoms with Gasteiger partial charge in [0, 0.05) is 11.8 Å². The smallest absolute Gasteiger partial charge is 0.314 e. The molecule has 6 rings (SSSR count). The fraction of sp³-hybridized carbons (Fsp3) is 0.562. The molecule has 0 aromatic heterocycles. The normalized spacial score (nSPS) is 27.6. The van der Waals surface area contributed by atoms with Gasteiger partial charge in [-0.1, -0.05) is 107 Å². The number of ether oxygens (including phenoxy) is 2. The predicted octanol–water partition coefficient (Wildman–Crippen LogP) is 7.29. The molecule has 4 aliphatic rings. The van der Waals surface area contributed by atoms with Crippen molar-refractivity contribution in [1.82, 2.24) is 0 Å². The zero-order valence-corrected chi connectivity index (χ0v) is 21.8. The van der Waals surface area contributed by atoms with Crippen LogP contribution in [0, 0.1) is 11.3 Å². The molecule has 1 spiro atoms. The standard InChI is InChI=1S/C32H40O4/c1-3-4-5-6-7-8-9-10-11-20-27-29(30(33)35-2)32(31(34)36-27)21-26-22-16-12-14-18-24(22)28(32)25-19-15-13-17-23(25)26/h12-19,26-29H,3-11,20-21H2,1-2H3/t26?,27-,28?,29+,32+/m0/s1. The highest BCUT2D eigenvalue weighted by Crippen LogP contribution is 2.66. The lowest BCUT2D eigenvalue weighted by molar-refractivity contribution is -0.155. The van der Waals surface area contributed by atoms with E-state index in [1.54, 1.807) is 0 Å². The molecular formula is C32H40O4. The third kappa shape index (κ3) is 4.17. The van der Waals surface area contributed by atoms with Crippen LogP contribution in [0.25, 0.3) is 0 Å². The van der Waals surface area contributed by atoms with Gasteiger partial charge >= 0.3 is 11.9 Å². The summed E-state index contributed by atoms with van der Waals surface area (Å²) in [5, 5.41) is 0. The van der Waals surface area contributed by atoms with E-state index in [0.29, 0.717) is 6.42 Å². The van der Waals surface area contributed by atoms with Crippen molar-refractivity contribution >= 4 is 11.9 Å². The van der Waals surface area contributed by atoms with E-state index in [-0.39, 0.29) is 23.8 Å². The summed E-state index contributed by atoms with van der Waals surface area (Å²) in [6.07, 6.45) is 12.0. The van der Waals surface area contributed by atoms with Crippen molar-refractivity contribution in [2.45, 2.75) is 95.5 Å². The Kier molecular flexibility index (Phi) is 7.50. The Labute approximate surface area is 215 Å². The minimum Gasteiger partial charge on any atom is -0.469 e. The molecule has 36 heavy (non-hydrogen) atoms. The summed E-state index contributed by atoms with van der Waals surface area (Å²) in [6, 6.07) is 16.9. The number of carbonyl (C=O) groups excluding carboxylic acids is 2. The fourth-order valence-electron chi connectivity index (χ4n) is 7.40. The molecule has 1 aliphatic heterocycles. The molecule has 0 N–H and O–H groups in total. The molecule has 0 saturated carbocycles. The lowest BCUT2D eigenvalue weighted by Gasteiger charge is -2.51. The number of hydrogen-bond acceptors (Lipinski definition) is 4. The SMILES string of the molecule is CCCCCCCCCCC[C@@H]1OC(=O)[C@@]2(CC3c4ccccc4C2c2ccccc23)[C@H]1C(=O)OC. The Morgan fingerprint density at radius 2 is 1.39 bits per heavy atom. The molecule has 0 amide bonds. The molecule has 2 bridgehead atoms. The molecule has 2 aromatic carbocycles. The summed E-state index contributed by atoms with van der Waals surface area (Å²) >= 11 is 0. The first-order valence-electron chi connectivity index (χ1n) is 14.1. The van der Waals surface area contributed by atoms with Crippen molar-refractivity contribution in [2.75, 3.05) is 7.11 Å². The number of carbonyl (C=O) groups is 2. The maximum absolute atomic E-state index is 13.8. The average molecular weight is 489 g/mol. The van der Waals surface area contributed by atoms with Crippen LogP contribution >= 0.6 is 0 Å². The van der Waals surface area contributed by atoms with Crippen molar-refractivity contribution in [3.63, 3.8) is 0 Å². The first kappa shape index (κ1) is 25.0. The van der Waals surface area contributed by atoms with E-state index >= 15 is 0 Å². The van der Waals surface area contributed by atoms with Gasteiger partial charge in [0.2, 0.25) is 0 Å². The zero-order chi connectivity index (χ0) is 25.1. The van der Waals surface area contributed by atoms with Gasteiger partial charge in [0.15, 0.2) is 0 Å². The molecule has 192 valence electrons. The molecule has 0 radical (unpaired) electrons. The van der Waals surface area contributed by atoms with Crippen LogP contribution in [-0.2, 0) is 19.1 Å². The van der Waals surface area contributed by atoms with Crippen molar-refractivity contribution in [1.29, 1.82) is 0 Å².